The molecule has 16 heavy (non-hydrogen) atoms. The van der Waals surface area contributed by atoms with E-state index < -0.39 is 0 Å². The van der Waals surface area contributed by atoms with Crippen molar-refractivity contribution in [2.75, 3.05) is 19.6 Å². The van der Waals surface area contributed by atoms with Crippen LogP contribution in [0.1, 0.15) is 6.92 Å². The lowest BCUT2D eigenvalue weighted by Crippen LogP contribution is -2.51. The molecule has 1 rings (SSSR count). The third-order valence-electron chi connectivity index (χ3n) is 2.34. The van der Waals surface area contributed by atoms with Gasteiger partial charge in [-0.25, -0.2) is 0 Å². The molecule has 0 atom stereocenters. The number of aliphatic hydroxyl groups is 1. The molecule has 0 bridgehead atoms. The topological polar surface area (TPSA) is 59.4 Å². The van der Waals surface area contributed by atoms with E-state index in [0.29, 0.717) is 19.6 Å². The molecule has 88 valence electrons. The molecule has 1 aliphatic heterocycles. The first-order valence-corrected chi connectivity index (χ1v) is 5.33. The van der Waals surface area contributed by atoms with Gasteiger partial charge in [0.2, 0.25) is 0 Å². The maximum Gasteiger partial charge on any atom is 0.0794 e. The van der Waals surface area contributed by atoms with E-state index in [9.17, 15) is 0 Å². The number of nitrogens with zero attached hydrogens (tertiary/aromatic N) is 1. The molecule has 0 aromatic heterocycles. The second-order valence-electron chi connectivity index (χ2n) is 3.88. The Labute approximate surface area is 96.5 Å². The Morgan fingerprint density at radius 1 is 1.62 bits per heavy atom. The average molecular weight is 221 g/mol. The van der Waals surface area contributed by atoms with Gasteiger partial charge in [-0.05, 0) is 18.6 Å². The molecule has 0 amide bonds. The predicted octanol–water partition coefficient (Wildman–Crippen LogP) is 0.876. The van der Waals surface area contributed by atoms with Crippen molar-refractivity contribution in [2.45, 2.75) is 13.0 Å². The van der Waals surface area contributed by atoms with E-state index in [4.69, 9.17) is 10.5 Å². The Balaban J connectivity index is 2.38. The van der Waals surface area contributed by atoms with Gasteiger partial charge in [-0.15, -0.1) is 0 Å². The molecule has 1 saturated heterocycles. The van der Waals surface area contributed by atoms with Gasteiger partial charge < -0.3 is 15.8 Å². The summed E-state index contributed by atoms with van der Waals surface area (Å²) in [6.07, 6.45) is 6.67. The van der Waals surface area contributed by atoms with Crippen LogP contribution in [0.2, 0.25) is 0 Å². The summed E-state index contributed by atoms with van der Waals surface area (Å²) >= 11 is 0. The first kappa shape index (κ1) is 12.7. The molecule has 0 saturated carbocycles. The lowest BCUT2D eigenvalue weighted by Gasteiger charge is -2.35. The van der Waals surface area contributed by atoms with Crippen LogP contribution in [0, 0.1) is 5.41 Å². The average Bonchev–Trinajstić information content (AvgIpc) is 2.21. The van der Waals surface area contributed by atoms with Gasteiger partial charge in [0.25, 0.3) is 0 Å². The number of hydrogen-bond acceptors (Lipinski definition) is 4. The minimum atomic E-state index is -0.196. The first-order chi connectivity index (χ1) is 7.65. The third-order valence-corrected chi connectivity index (χ3v) is 2.34. The van der Waals surface area contributed by atoms with Gasteiger partial charge in [0, 0.05) is 37.7 Å². The molecule has 1 heterocycles. The number of rotatable bonds is 6. The molecular formula is C12H19N3O. The third kappa shape index (κ3) is 4.00. The van der Waals surface area contributed by atoms with Gasteiger partial charge in [-0.1, -0.05) is 12.7 Å². The molecule has 0 unspecified atom stereocenters. The fraction of sp³-hybridized carbons (Fsp3) is 0.417. The zero-order chi connectivity index (χ0) is 12.0. The lowest BCUT2D eigenvalue weighted by molar-refractivity contribution is 0.00901. The minimum absolute atomic E-state index is 0.196. The number of aliphatic hydroxyl groups excluding tert-OH is 1. The number of likely N-dealkylation sites (tertiary alicyclic amines) is 1. The van der Waals surface area contributed by atoms with Crippen molar-refractivity contribution in [3.8, 4) is 0 Å². The van der Waals surface area contributed by atoms with Crippen molar-refractivity contribution in [2.24, 2.45) is 0 Å². The van der Waals surface area contributed by atoms with Gasteiger partial charge in [0.15, 0.2) is 0 Å². The molecular weight excluding hydrogens is 202 g/mol. The highest BCUT2D eigenvalue weighted by Crippen LogP contribution is 2.08. The van der Waals surface area contributed by atoms with E-state index in [1.54, 1.807) is 6.20 Å². The second kappa shape index (κ2) is 6.25. The molecule has 0 aromatic carbocycles. The van der Waals surface area contributed by atoms with Crippen LogP contribution in [-0.2, 0) is 0 Å². The Hall–Kier alpha value is -1.39. The maximum atomic E-state index is 9.13. The van der Waals surface area contributed by atoms with Crippen LogP contribution in [-0.4, -0.2) is 42.0 Å². The highest BCUT2D eigenvalue weighted by molar-refractivity contribution is 5.76. The molecule has 0 aromatic rings. The van der Waals surface area contributed by atoms with Crippen LogP contribution in [0.3, 0.4) is 0 Å². The van der Waals surface area contributed by atoms with Crippen LogP contribution in [0.5, 0.6) is 0 Å². The summed E-state index contributed by atoms with van der Waals surface area (Å²) in [4.78, 5) is 2.08. The van der Waals surface area contributed by atoms with Gasteiger partial charge in [0.05, 0.1) is 6.10 Å². The van der Waals surface area contributed by atoms with Gasteiger partial charge in [-0.2, -0.15) is 0 Å². The highest BCUT2D eigenvalue weighted by Gasteiger charge is 2.24. The Morgan fingerprint density at radius 2 is 2.31 bits per heavy atom. The van der Waals surface area contributed by atoms with Crippen molar-refractivity contribution >= 4 is 6.21 Å². The number of hydrogen-bond donors (Lipinski definition) is 3. The van der Waals surface area contributed by atoms with Crippen molar-refractivity contribution in [3.05, 3.63) is 36.2 Å². The summed E-state index contributed by atoms with van der Waals surface area (Å²) < 4.78 is 0. The fourth-order valence-electron chi connectivity index (χ4n) is 1.50. The molecule has 3 N–H and O–H groups in total. The summed E-state index contributed by atoms with van der Waals surface area (Å²) in [6, 6.07) is 0. The van der Waals surface area contributed by atoms with Crippen LogP contribution in [0.15, 0.2) is 36.2 Å². The fourth-order valence-corrected chi connectivity index (χ4v) is 1.50. The number of β-amino-alcohol motifs (C(OH)–C–C–N with tert-alkyl or cyclic N) is 1. The molecule has 1 aliphatic rings. The van der Waals surface area contributed by atoms with Gasteiger partial charge in [0.1, 0.15) is 0 Å². The largest absolute Gasteiger partial charge is 0.390 e. The summed E-state index contributed by atoms with van der Waals surface area (Å²) in [5.41, 5.74) is 1.67. The maximum absolute atomic E-state index is 9.13. The van der Waals surface area contributed by atoms with E-state index in [0.717, 1.165) is 11.3 Å². The number of allylic oxidation sites excluding steroid dienone is 2. The SMILES string of the molecule is C=C(/C=C\C)N/C=C(\C=N)CN1CC(O)C1. The van der Waals surface area contributed by atoms with Gasteiger partial charge >= 0.3 is 0 Å². The highest BCUT2D eigenvalue weighted by atomic mass is 16.3. The zero-order valence-electron chi connectivity index (χ0n) is 9.61. The smallest absolute Gasteiger partial charge is 0.0794 e. The first-order valence-electron chi connectivity index (χ1n) is 5.33. The minimum Gasteiger partial charge on any atom is -0.390 e. The molecule has 0 aliphatic carbocycles. The lowest BCUT2D eigenvalue weighted by atomic mass is 10.1. The van der Waals surface area contributed by atoms with E-state index in [1.165, 1.54) is 6.21 Å². The summed E-state index contributed by atoms with van der Waals surface area (Å²) in [5, 5.41) is 19.4. The summed E-state index contributed by atoms with van der Waals surface area (Å²) in [7, 11) is 0. The van der Waals surface area contributed by atoms with Crippen molar-refractivity contribution < 1.29 is 5.11 Å². The summed E-state index contributed by atoms with van der Waals surface area (Å²) in [6.45, 7) is 7.81. The van der Waals surface area contributed by atoms with Crippen molar-refractivity contribution in [1.29, 1.82) is 5.41 Å². The van der Waals surface area contributed by atoms with Crippen LogP contribution in [0.25, 0.3) is 0 Å². The molecule has 0 spiro atoms. The standard InChI is InChI=1S/C12H19N3O/c1-3-4-10(2)14-6-11(5-13)7-15-8-12(16)9-15/h3-6,12-14,16H,2,7-9H2,1H3/b4-3-,11-6+,13-5?. The van der Waals surface area contributed by atoms with E-state index in [2.05, 4.69) is 16.8 Å². The molecule has 4 heteroatoms. The van der Waals surface area contributed by atoms with Crippen LogP contribution in [0.4, 0.5) is 0 Å². The Bertz CT molecular complexity index is 314. The summed E-state index contributed by atoms with van der Waals surface area (Å²) in [5.74, 6) is 0. The van der Waals surface area contributed by atoms with E-state index in [-0.39, 0.29) is 6.10 Å². The van der Waals surface area contributed by atoms with Crippen molar-refractivity contribution in [3.63, 3.8) is 0 Å². The van der Waals surface area contributed by atoms with Gasteiger partial charge in [-0.3, -0.25) is 4.90 Å². The molecule has 4 nitrogen and oxygen atoms in total. The Morgan fingerprint density at radius 3 is 2.81 bits per heavy atom. The Kier molecular flexibility index (Phi) is 4.95. The zero-order valence-corrected chi connectivity index (χ0v) is 9.61. The van der Waals surface area contributed by atoms with Crippen LogP contribution < -0.4 is 5.32 Å². The second-order valence-corrected chi connectivity index (χ2v) is 3.88. The van der Waals surface area contributed by atoms with Crippen LogP contribution >= 0.6 is 0 Å². The van der Waals surface area contributed by atoms with E-state index in [1.807, 2.05) is 19.1 Å². The normalized spacial score (nSPS) is 18.5. The molecule has 1 fully saturated rings. The van der Waals surface area contributed by atoms with Crippen molar-refractivity contribution in [1.82, 2.24) is 10.2 Å². The molecule has 0 radical (unpaired) electrons. The number of nitrogens with one attached hydrogen (secondary N) is 2. The predicted molar refractivity (Wildman–Crippen MR) is 66.4 cm³/mol. The van der Waals surface area contributed by atoms with E-state index >= 15 is 0 Å². The monoisotopic (exact) mass is 221 g/mol. The quantitative estimate of drug-likeness (QED) is 0.461.